The molecule has 0 fully saturated rings. The van der Waals surface area contributed by atoms with E-state index >= 15 is 0 Å². The van der Waals surface area contributed by atoms with E-state index in [1.165, 1.54) is 13.0 Å². The van der Waals surface area contributed by atoms with E-state index in [4.69, 9.17) is 0 Å². The van der Waals surface area contributed by atoms with Crippen LogP contribution >= 0.6 is 11.8 Å². The predicted molar refractivity (Wildman–Crippen MR) is 105 cm³/mol. The SMILES string of the molecule is CC(=O)c1cccc(NC(=O)[C@@H](C)Sc2nc(C(F)(F)F)nc3ccccc23)c1. The van der Waals surface area contributed by atoms with Crippen molar-refractivity contribution in [2.24, 2.45) is 0 Å². The molecule has 29 heavy (non-hydrogen) atoms. The molecule has 5 nitrogen and oxygen atoms in total. The van der Waals surface area contributed by atoms with Crippen LogP contribution in [0.2, 0.25) is 0 Å². The molecule has 0 aliphatic carbocycles. The minimum Gasteiger partial charge on any atom is -0.325 e. The predicted octanol–water partition coefficient (Wildman–Crippen LogP) is 4.97. The molecule has 3 rings (SSSR count). The van der Waals surface area contributed by atoms with Gasteiger partial charge in [0, 0.05) is 16.6 Å². The number of fused-ring (bicyclic) bond motifs is 1. The van der Waals surface area contributed by atoms with Gasteiger partial charge in [-0.1, -0.05) is 42.1 Å². The smallest absolute Gasteiger partial charge is 0.325 e. The lowest BCUT2D eigenvalue weighted by Crippen LogP contribution is -2.23. The van der Waals surface area contributed by atoms with E-state index in [0.29, 0.717) is 16.6 Å². The Bertz CT molecular complexity index is 1090. The van der Waals surface area contributed by atoms with E-state index in [-0.39, 0.29) is 16.3 Å². The Balaban J connectivity index is 1.85. The number of rotatable bonds is 5. The second-order valence-corrected chi connectivity index (χ2v) is 7.58. The molecular weight excluding hydrogens is 403 g/mol. The van der Waals surface area contributed by atoms with Gasteiger partial charge >= 0.3 is 6.18 Å². The summed E-state index contributed by atoms with van der Waals surface area (Å²) >= 11 is 0.911. The lowest BCUT2D eigenvalue weighted by atomic mass is 10.1. The van der Waals surface area contributed by atoms with Crippen molar-refractivity contribution in [3.63, 3.8) is 0 Å². The standard InChI is InChI=1S/C20H16F3N3O2S/c1-11(27)13-6-5-7-14(10-13)24-17(28)12(2)29-18-15-8-3-4-9-16(15)25-19(26-18)20(21,22)23/h3-10,12H,1-2H3,(H,24,28)/t12-/m1/s1. The summed E-state index contributed by atoms with van der Waals surface area (Å²) in [7, 11) is 0. The van der Waals surface area contributed by atoms with E-state index in [2.05, 4.69) is 15.3 Å². The van der Waals surface area contributed by atoms with Crippen LogP contribution in [0, 0.1) is 0 Å². The van der Waals surface area contributed by atoms with E-state index in [9.17, 15) is 22.8 Å². The monoisotopic (exact) mass is 419 g/mol. The molecule has 0 unspecified atom stereocenters. The molecule has 2 aromatic carbocycles. The van der Waals surface area contributed by atoms with Gasteiger partial charge in [0.2, 0.25) is 11.7 Å². The van der Waals surface area contributed by atoms with Crippen molar-refractivity contribution >= 4 is 40.0 Å². The molecule has 0 radical (unpaired) electrons. The summed E-state index contributed by atoms with van der Waals surface area (Å²) in [5, 5.41) is 2.44. The maximum atomic E-state index is 13.1. The van der Waals surface area contributed by atoms with Crippen LogP contribution in [-0.4, -0.2) is 26.9 Å². The number of Topliss-reactive ketones (excluding diaryl/α,β-unsaturated/α-hetero) is 1. The van der Waals surface area contributed by atoms with Crippen LogP contribution in [0.4, 0.5) is 18.9 Å². The highest BCUT2D eigenvalue weighted by Crippen LogP contribution is 2.33. The molecule has 1 heterocycles. The second-order valence-electron chi connectivity index (χ2n) is 6.25. The van der Waals surface area contributed by atoms with Crippen molar-refractivity contribution in [2.75, 3.05) is 5.32 Å². The summed E-state index contributed by atoms with van der Waals surface area (Å²) in [5.41, 5.74) is 1.03. The van der Waals surface area contributed by atoms with Gasteiger partial charge in [-0.2, -0.15) is 13.2 Å². The van der Waals surface area contributed by atoms with E-state index in [1.54, 1.807) is 49.4 Å². The molecule has 150 valence electrons. The molecule has 1 aromatic heterocycles. The Morgan fingerprint density at radius 3 is 2.48 bits per heavy atom. The van der Waals surface area contributed by atoms with Crippen LogP contribution in [0.3, 0.4) is 0 Å². The number of halogens is 3. The number of carbonyl (C=O) groups is 2. The minimum atomic E-state index is -4.70. The quantitative estimate of drug-likeness (QED) is 0.359. The number of benzene rings is 2. The number of alkyl halides is 3. The zero-order valence-corrected chi connectivity index (χ0v) is 16.3. The first-order valence-electron chi connectivity index (χ1n) is 8.57. The molecule has 0 saturated carbocycles. The number of nitrogens with zero attached hydrogens (tertiary/aromatic N) is 2. The maximum absolute atomic E-state index is 13.1. The summed E-state index contributed by atoms with van der Waals surface area (Å²) < 4.78 is 39.4. The highest BCUT2D eigenvalue weighted by molar-refractivity contribution is 8.00. The van der Waals surface area contributed by atoms with Gasteiger partial charge < -0.3 is 5.32 Å². The van der Waals surface area contributed by atoms with Crippen molar-refractivity contribution < 1.29 is 22.8 Å². The number of thioether (sulfide) groups is 1. The largest absolute Gasteiger partial charge is 0.451 e. The van der Waals surface area contributed by atoms with Gasteiger partial charge in [-0.25, -0.2) is 9.97 Å². The molecule has 1 atom stereocenters. The van der Waals surface area contributed by atoms with Gasteiger partial charge in [0.1, 0.15) is 5.03 Å². The zero-order chi connectivity index (χ0) is 21.2. The molecule has 9 heteroatoms. The first-order chi connectivity index (χ1) is 13.6. The maximum Gasteiger partial charge on any atom is 0.451 e. The molecule has 0 spiro atoms. The number of hydrogen-bond donors (Lipinski definition) is 1. The van der Waals surface area contributed by atoms with Gasteiger partial charge in [-0.15, -0.1) is 0 Å². The van der Waals surface area contributed by atoms with Crippen LogP contribution in [-0.2, 0) is 11.0 Å². The highest BCUT2D eigenvalue weighted by atomic mass is 32.2. The number of anilines is 1. The third-order valence-electron chi connectivity index (χ3n) is 4.02. The second kappa shape index (κ2) is 8.20. The first kappa shape index (κ1) is 20.8. The van der Waals surface area contributed by atoms with Crippen molar-refractivity contribution in [2.45, 2.75) is 30.3 Å². The fraction of sp³-hybridized carbons (Fsp3) is 0.200. The number of ketones is 1. The fourth-order valence-corrected chi connectivity index (χ4v) is 3.48. The van der Waals surface area contributed by atoms with Gasteiger partial charge in [-0.05, 0) is 32.0 Å². The Labute approximate surface area is 168 Å². The zero-order valence-electron chi connectivity index (χ0n) is 15.4. The fourth-order valence-electron chi connectivity index (χ4n) is 2.54. The van der Waals surface area contributed by atoms with Crippen LogP contribution < -0.4 is 5.32 Å². The van der Waals surface area contributed by atoms with E-state index in [0.717, 1.165) is 11.8 Å². The molecule has 0 bridgehead atoms. The normalized spacial score (nSPS) is 12.6. The Morgan fingerprint density at radius 1 is 1.07 bits per heavy atom. The van der Waals surface area contributed by atoms with Gasteiger partial charge in [0.05, 0.1) is 10.8 Å². The van der Waals surface area contributed by atoms with Gasteiger partial charge in [0.25, 0.3) is 0 Å². The van der Waals surface area contributed by atoms with Crippen molar-refractivity contribution in [3.05, 3.63) is 59.9 Å². The number of aromatic nitrogens is 2. The average molecular weight is 419 g/mol. The molecule has 0 saturated heterocycles. The first-order valence-corrected chi connectivity index (χ1v) is 9.45. The molecule has 0 aliphatic rings. The Hall–Kier alpha value is -2.94. The lowest BCUT2D eigenvalue weighted by Gasteiger charge is -2.14. The van der Waals surface area contributed by atoms with Crippen molar-refractivity contribution in [1.29, 1.82) is 0 Å². The molecule has 1 N–H and O–H groups in total. The average Bonchev–Trinajstić information content (AvgIpc) is 2.67. The van der Waals surface area contributed by atoms with Crippen LogP contribution in [0.1, 0.15) is 30.0 Å². The minimum absolute atomic E-state index is 0.0723. The summed E-state index contributed by atoms with van der Waals surface area (Å²) in [6.07, 6.45) is -4.70. The third kappa shape index (κ3) is 4.92. The summed E-state index contributed by atoms with van der Waals surface area (Å²) in [6.45, 7) is 2.98. The number of para-hydroxylation sites is 1. The summed E-state index contributed by atoms with van der Waals surface area (Å²) in [5.74, 6) is -1.82. The highest BCUT2D eigenvalue weighted by Gasteiger charge is 2.36. The van der Waals surface area contributed by atoms with Crippen LogP contribution in [0.15, 0.2) is 53.6 Å². The number of carbonyl (C=O) groups excluding carboxylic acids is 2. The van der Waals surface area contributed by atoms with Crippen molar-refractivity contribution in [1.82, 2.24) is 9.97 Å². The molecule has 3 aromatic rings. The Kier molecular flexibility index (Phi) is 5.88. The van der Waals surface area contributed by atoms with Crippen molar-refractivity contribution in [3.8, 4) is 0 Å². The molecule has 0 aliphatic heterocycles. The van der Waals surface area contributed by atoms with E-state index in [1.807, 2.05) is 0 Å². The summed E-state index contributed by atoms with van der Waals surface area (Å²) in [4.78, 5) is 31.2. The molecular formula is C20H16F3N3O2S. The third-order valence-corrected chi connectivity index (χ3v) is 5.12. The van der Waals surface area contributed by atoms with Gasteiger partial charge in [-0.3, -0.25) is 9.59 Å². The van der Waals surface area contributed by atoms with E-state index < -0.39 is 23.2 Å². The van der Waals surface area contributed by atoms with Crippen LogP contribution in [0.5, 0.6) is 0 Å². The van der Waals surface area contributed by atoms with Crippen LogP contribution in [0.25, 0.3) is 10.9 Å². The number of nitrogens with one attached hydrogen (secondary N) is 1. The number of amides is 1. The Morgan fingerprint density at radius 2 is 1.79 bits per heavy atom. The lowest BCUT2D eigenvalue weighted by molar-refractivity contribution is -0.145. The molecule has 1 amide bonds. The number of hydrogen-bond acceptors (Lipinski definition) is 5. The topological polar surface area (TPSA) is 72.0 Å². The van der Waals surface area contributed by atoms with Gasteiger partial charge in [0.15, 0.2) is 5.78 Å². The summed E-state index contributed by atoms with van der Waals surface area (Å²) in [6, 6.07) is 12.8.